The standard InChI is InChI=1S/C17H26FN/c1-11-5-12(2)7-14(6-11)17(19-4)15-8-13(3)9-16(18)10-15/h8-12,14,17,19H,5-7H2,1-4H3. The zero-order valence-electron chi connectivity index (χ0n) is 12.5. The van der Waals surface area contributed by atoms with Gasteiger partial charge in [0, 0.05) is 6.04 Å². The molecule has 0 radical (unpaired) electrons. The molecule has 106 valence electrons. The summed E-state index contributed by atoms with van der Waals surface area (Å²) in [5.41, 5.74) is 2.11. The third-order valence-electron chi connectivity index (χ3n) is 4.42. The van der Waals surface area contributed by atoms with Crippen LogP contribution in [0.4, 0.5) is 4.39 Å². The molecule has 1 aliphatic carbocycles. The van der Waals surface area contributed by atoms with Crippen LogP contribution in [0.2, 0.25) is 0 Å². The van der Waals surface area contributed by atoms with Gasteiger partial charge in [-0.25, -0.2) is 4.39 Å². The van der Waals surface area contributed by atoms with Crippen molar-refractivity contribution in [3.05, 3.63) is 35.1 Å². The van der Waals surface area contributed by atoms with Crippen LogP contribution in [0.5, 0.6) is 0 Å². The molecule has 0 saturated heterocycles. The lowest BCUT2D eigenvalue weighted by atomic mass is 9.72. The van der Waals surface area contributed by atoms with E-state index in [1.165, 1.54) is 19.3 Å². The minimum Gasteiger partial charge on any atom is -0.313 e. The molecule has 1 aromatic carbocycles. The molecule has 1 aromatic rings. The van der Waals surface area contributed by atoms with E-state index in [-0.39, 0.29) is 11.9 Å². The molecule has 1 nitrogen and oxygen atoms in total. The van der Waals surface area contributed by atoms with Gasteiger partial charge in [0.2, 0.25) is 0 Å². The number of hydrogen-bond donors (Lipinski definition) is 1. The second-order valence-corrected chi connectivity index (χ2v) is 6.51. The number of hydrogen-bond acceptors (Lipinski definition) is 1. The van der Waals surface area contributed by atoms with E-state index in [1.54, 1.807) is 12.1 Å². The van der Waals surface area contributed by atoms with Gasteiger partial charge in [-0.1, -0.05) is 19.9 Å². The fraction of sp³-hybridized carbons (Fsp3) is 0.647. The van der Waals surface area contributed by atoms with Crippen LogP contribution in [0.15, 0.2) is 18.2 Å². The number of benzene rings is 1. The fourth-order valence-electron chi connectivity index (χ4n) is 3.90. The number of halogens is 1. The van der Waals surface area contributed by atoms with Gasteiger partial charge >= 0.3 is 0 Å². The van der Waals surface area contributed by atoms with E-state index >= 15 is 0 Å². The highest BCUT2D eigenvalue weighted by Crippen LogP contribution is 2.39. The van der Waals surface area contributed by atoms with Crippen molar-refractivity contribution in [3.63, 3.8) is 0 Å². The van der Waals surface area contributed by atoms with E-state index in [1.807, 2.05) is 14.0 Å². The van der Waals surface area contributed by atoms with Gasteiger partial charge in [0.25, 0.3) is 0 Å². The summed E-state index contributed by atoms with van der Waals surface area (Å²) in [7, 11) is 1.99. The number of rotatable bonds is 3. The Morgan fingerprint density at radius 1 is 1.11 bits per heavy atom. The highest BCUT2D eigenvalue weighted by atomic mass is 19.1. The molecular formula is C17H26FN. The SMILES string of the molecule is CNC(c1cc(C)cc(F)c1)C1CC(C)CC(C)C1. The second kappa shape index (κ2) is 6.04. The molecular weight excluding hydrogens is 237 g/mol. The lowest BCUT2D eigenvalue weighted by Crippen LogP contribution is -2.31. The Morgan fingerprint density at radius 2 is 1.74 bits per heavy atom. The van der Waals surface area contributed by atoms with Gasteiger partial charge in [0.1, 0.15) is 5.82 Å². The largest absolute Gasteiger partial charge is 0.313 e. The van der Waals surface area contributed by atoms with Crippen molar-refractivity contribution >= 4 is 0 Å². The lowest BCUT2D eigenvalue weighted by Gasteiger charge is -2.36. The van der Waals surface area contributed by atoms with E-state index in [4.69, 9.17) is 0 Å². The molecule has 1 fully saturated rings. The van der Waals surface area contributed by atoms with E-state index in [0.717, 1.165) is 23.0 Å². The van der Waals surface area contributed by atoms with Crippen LogP contribution in [0.1, 0.15) is 50.3 Å². The Morgan fingerprint density at radius 3 is 2.26 bits per heavy atom. The highest BCUT2D eigenvalue weighted by Gasteiger charge is 2.30. The summed E-state index contributed by atoms with van der Waals surface area (Å²) < 4.78 is 13.6. The van der Waals surface area contributed by atoms with Crippen molar-refractivity contribution in [3.8, 4) is 0 Å². The zero-order valence-corrected chi connectivity index (χ0v) is 12.5. The molecule has 0 spiro atoms. The third kappa shape index (κ3) is 3.56. The minimum absolute atomic E-state index is 0.118. The second-order valence-electron chi connectivity index (χ2n) is 6.51. The van der Waals surface area contributed by atoms with Crippen LogP contribution in [0, 0.1) is 30.5 Å². The van der Waals surface area contributed by atoms with E-state index in [9.17, 15) is 4.39 Å². The molecule has 19 heavy (non-hydrogen) atoms. The highest BCUT2D eigenvalue weighted by molar-refractivity contribution is 5.27. The molecule has 3 atom stereocenters. The van der Waals surface area contributed by atoms with Crippen LogP contribution in [-0.2, 0) is 0 Å². The summed E-state index contributed by atoms with van der Waals surface area (Å²) in [5.74, 6) is 2.05. The molecule has 0 aromatic heterocycles. The van der Waals surface area contributed by atoms with E-state index in [2.05, 4.69) is 25.2 Å². The van der Waals surface area contributed by atoms with Gasteiger partial charge < -0.3 is 5.32 Å². The average Bonchev–Trinajstić information content (AvgIpc) is 2.27. The van der Waals surface area contributed by atoms with Gasteiger partial charge in [-0.3, -0.25) is 0 Å². The predicted molar refractivity (Wildman–Crippen MR) is 78.6 cm³/mol. The first-order valence-corrected chi connectivity index (χ1v) is 7.44. The molecule has 1 aliphatic rings. The van der Waals surface area contributed by atoms with E-state index in [0.29, 0.717) is 5.92 Å². The van der Waals surface area contributed by atoms with Gasteiger partial charge in [-0.2, -0.15) is 0 Å². The minimum atomic E-state index is -0.118. The van der Waals surface area contributed by atoms with Crippen LogP contribution in [0.3, 0.4) is 0 Å². The topological polar surface area (TPSA) is 12.0 Å². The Bertz CT molecular complexity index is 399. The molecule has 3 unspecified atom stereocenters. The Kier molecular flexibility index (Phi) is 4.62. The Labute approximate surface area is 116 Å². The van der Waals surface area contributed by atoms with Crippen LogP contribution in [-0.4, -0.2) is 7.05 Å². The quantitative estimate of drug-likeness (QED) is 0.848. The molecule has 0 bridgehead atoms. The van der Waals surface area contributed by atoms with Gasteiger partial charge in [0.05, 0.1) is 0 Å². The molecule has 2 heteroatoms. The number of aryl methyl sites for hydroxylation is 1. The summed E-state index contributed by atoms with van der Waals surface area (Å²) in [6, 6.07) is 5.69. The first kappa shape index (κ1) is 14.5. The van der Waals surface area contributed by atoms with Gasteiger partial charge in [0.15, 0.2) is 0 Å². The monoisotopic (exact) mass is 263 g/mol. The summed E-state index contributed by atoms with van der Waals surface area (Å²) >= 11 is 0. The van der Waals surface area contributed by atoms with Crippen LogP contribution in [0.25, 0.3) is 0 Å². The maximum Gasteiger partial charge on any atom is 0.123 e. The molecule has 0 heterocycles. The first-order valence-electron chi connectivity index (χ1n) is 7.44. The third-order valence-corrected chi connectivity index (χ3v) is 4.42. The van der Waals surface area contributed by atoms with Crippen molar-refractivity contribution < 1.29 is 4.39 Å². The summed E-state index contributed by atoms with van der Waals surface area (Å²) in [6.45, 7) is 6.64. The Balaban J connectivity index is 2.23. The number of nitrogens with one attached hydrogen (secondary N) is 1. The average molecular weight is 263 g/mol. The Hall–Kier alpha value is -0.890. The van der Waals surface area contributed by atoms with Gasteiger partial charge in [-0.15, -0.1) is 0 Å². The lowest BCUT2D eigenvalue weighted by molar-refractivity contribution is 0.180. The van der Waals surface area contributed by atoms with Crippen molar-refractivity contribution in [1.29, 1.82) is 0 Å². The van der Waals surface area contributed by atoms with Crippen molar-refractivity contribution in [2.75, 3.05) is 7.05 Å². The summed E-state index contributed by atoms with van der Waals surface area (Å²) in [4.78, 5) is 0. The summed E-state index contributed by atoms with van der Waals surface area (Å²) in [6.07, 6.45) is 3.81. The van der Waals surface area contributed by atoms with Crippen LogP contribution < -0.4 is 5.32 Å². The zero-order chi connectivity index (χ0) is 14.0. The molecule has 0 aliphatic heterocycles. The maximum absolute atomic E-state index is 13.6. The molecule has 1 N–H and O–H groups in total. The molecule has 2 rings (SSSR count). The van der Waals surface area contributed by atoms with Crippen molar-refractivity contribution in [2.45, 2.75) is 46.1 Å². The van der Waals surface area contributed by atoms with Crippen LogP contribution >= 0.6 is 0 Å². The predicted octanol–water partition coefficient (Wildman–Crippen LogP) is 4.47. The fourth-order valence-corrected chi connectivity index (χ4v) is 3.90. The smallest absolute Gasteiger partial charge is 0.123 e. The molecule has 0 amide bonds. The van der Waals surface area contributed by atoms with E-state index < -0.39 is 0 Å². The first-order chi connectivity index (χ1) is 8.99. The molecule has 1 saturated carbocycles. The summed E-state index contributed by atoms with van der Waals surface area (Å²) in [5, 5.41) is 3.42. The normalized spacial score (nSPS) is 29.2. The van der Waals surface area contributed by atoms with Crippen molar-refractivity contribution in [1.82, 2.24) is 5.32 Å². The van der Waals surface area contributed by atoms with Crippen molar-refractivity contribution in [2.24, 2.45) is 17.8 Å². The maximum atomic E-state index is 13.6. The van der Waals surface area contributed by atoms with Gasteiger partial charge in [-0.05, 0) is 74.2 Å².